The number of carbonyl (C=O) groups excluding carboxylic acids is 2. The van der Waals surface area contributed by atoms with E-state index in [4.69, 9.17) is 11.5 Å². The first kappa shape index (κ1) is 31.9. The molecule has 3 aliphatic rings. The van der Waals surface area contributed by atoms with Gasteiger partial charge in [0.05, 0.1) is 11.2 Å². The maximum absolute atomic E-state index is 12.8. The summed E-state index contributed by atoms with van der Waals surface area (Å²) in [5.41, 5.74) is 12.7. The van der Waals surface area contributed by atoms with E-state index < -0.39 is 11.2 Å². The molecule has 42 heavy (non-hydrogen) atoms. The highest BCUT2D eigenvalue weighted by Crippen LogP contribution is 2.56. The average Bonchev–Trinajstić information content (AvgIpc) is 3.44. The molecule has 3 amide bonds. The summed E-state index contributed by atoms with van der Waals surface area (Å²) in [6, 6.07) is 9.69. The molecule has 230 valence electrons. The van der Waals surface area contributed by atoms with Crippen LogP contribution in [0.4, 0.5) is 10.6 Å². The molecule has 2 aromatic rings. The van der Waals surface area contributed by atoms with Gasteiger partial charge in [-0.15, -0.1) is 12.4 Å². The number of hydrogen-bond donors (Lipinski definition) is 3. The van der Waals surface area contributed by atoms with Gasteiger partial charge in [-0.1, -0.05) is 12.1 Å². The zero-order valence-electron chi connectivity index (χ0n) is 25.2. The van der Waals surface area contributed by atoms with Gasteiger partial charge in [-0.25, -0.2) is 9.59 Å². The standard InChI is InChI=1S/C30H44N8O3.ClH/c1-19(37-17-22-23(18-37)25(22)29(2,3)31)16-20-6-8-21(9-7-20)38-11-10-24(34-28(38)41)33-27(40)36-14-12-35(13-15-36)26(39)30(4,5)32;/h6-11,19,22-23,25H,12-18,31-32H2,1-5H3,(H,33,34,40,41);1H. The molecule has 0 spiro atoms. The van der Waals surface area contributed by atoms with Gasteiger partial charge in [0, 0.05) is 57.0 Å². The molecule has 0 bridgehead atoms. The summed E-state index contributed by atoms with van der Waals surface area (Å²) in [5, 5.41) is 2.70. The van der Waals surface area contributed by atoms with E-state index >= 15 is 0 Å². The first-order chi connectivity index (χ1) is 19.2. The fourth-order valence-corrected chi connectivity index (χ4v) is 6.66. The van der Waals surface area contributed by atoms with Crippen molar-refractivity contribution in [2.45, 2.75) is 58.2 Å². The Morgan fingerprint density at radius 3 is 2.07 bits per heavy atom. The highest BCUT2D eigenvalue weighted by Gasteiger charge is 2.60. The Bertz CT molecular complexity index is 1330. The lowest BCUT2D eigenvalue weighted by Gasteiger charge is -2.37. The van der Waals surface area contributed by atoms with Crippen molar-refractivity contribution in [2.24, 2.45) is 29.2 Å². The minimum Gasteiger partial charge on any atom is -0.338 e. The van der Waals surface area contributed by atoms with Crippen LogP contribution in [-0.4, -0.2) is 92.6 Å². The second-order valence-electron chi connectivity index (χ2n) is 13.2. The third-order valence-corrected chi connectivity index (χ3v) is 8.89. The predicted octanol–water partition coefficient (Wildman–Crippen LogP) is 1.91. The van der Waals surface area contributed by atoms with Crippen molar-refractivity contribution in [1.29, 1.82) is 0 Å². The summed E-state index contributed by atoms with van der Waals surface area (Å²) in [6.07, 6.45) is 2.56. The topological polar surface area (TPSA) is 143 Å². The summed E-state index contributed by atoms with van der Waals surface area (Å²) in [7, 11) is 0. The average molecular weight is 601 g/mol. The second-order valence-corrected chi connectivity index (χ2v) is 13.2. The minimum atomic E-state index is -0.947. The minimum absolute atomic E-state index is 0. The summed E-state index contributed by atoms with van der Waals surface area (Å²) in [4.78, 5) is 47.8. The van der Waals surface area contributed by atoms with Crippen LogP contribution in [0.25, 0.3) is 5.69 Å². The molecule has 3 fully saturated rings. The Balaban J connectivity index is 0.00000405. The lowest BCUT2D eigenvalue weighted by atomic mass is 9.95. The van der Waals surface area contributed by atoms with Crippen molar-refractivity contribution in [3.63, 3.8) is 0 Å². The predicted molar refractivity (Wildman–Crippen MR) is 166 cm³/mol. The van der Waals surface area contributed by atoms with Crippen molar-refractivity contribution in [3.8, 4) is 5.69 Å². The number of nitrogens with two attached hydrogens (primary N) is 2. The van der Waals surface area contributed by atoms with E-state index in [2.05, 4.69) is 48.1 Å². The largest absolute Gasteiger partial charge is 0.354 e. The highest BCUT2D eigenvalue weighted by atomic mass is 35.5. The van der Waals surface area contributed by atoms with Crippen LogP contribution in [0.15, 0.2) is 41.3 Å². The van der Waals surface area contributed by atoms with Gasteiger partial charge in [0.25, 0.3) is 0 Å². The first-order valence-corrected chi connectivity index (χ1v) is 14.6. The third-order valence-electron chi connectivity index (χ3n) is 8.89. The molecule has 2 saturated heterocycles. The monoisotopic (exact) mass is 600 g/mol. The van der Waals surface area contributed by atoms with Crippen LogP contribution in [0.5, 0.6) is 0 Å². The molecular formula is C30H45ClN8O3. The molecule has 1 aliphatic carbocycles. The number of benzene rings is 1. The number of rotatable bonds is 7. The van der Waals surface area contributed by atoms with Crippen molar-refractivity contribution in [1.82, 2.24) is 24.3 Å². The molecule has 3 heterocycles. The Morgan fingerprint density at radius 2 is 1.55 bits per heavy atom. The van der Waals surface area contributed by atoms with Crippen molar-refractivity contribution >= 4 is 30.2 Å². The van der Waals surface area contributed by atoms with Crippen LogP contribution in [0.1, 0.15) is 40.2 Å². The van der Waals surface area contributed by atoms with E-state index in [9.17, 15) is 14.4 Å². The number of fused-ring (bicyclic) bond motifs is 1. The maximum Gasteiger partial charge on any atom is 0.354 e. The van der Waals surface area contributed by atoms with Crippen molar-refractivity contribution in [2.75, 3.05) is 44.6 Å². The van der Waals surface area contributed by atoms with Gasteiger partial charge >= 0.3 is 11.7 Å². The van der Waals surface area contributed by atoms with Crippen LogP contribution >= 0.6 is 12.4 Å². The molecule has 5 N–H and O–H groups in total. The molecule has 3 unspecified atom stereocenters. The molecular weight excluding hydrogens is 556 g/mol. The number of anilines is 1. The number of carbonyl (C=O) groups is 2. The number of nitrogens with one attached hydrogen (secondary N) is 1. The van der Waals surface area contributed by atoms with E-state index in [1.807, 2.05) is 12.1 Å². The number of halogens is 1. The maximum atomic E-state index is 12.8. The van der Waals surface area contributed by atoms with Gasteiger partial charge in [0.15, 0.2) is 0 Å². The van der Waals surface area contributed by atoms with E-state index in [0.717, 1.165) is 37.0 Å². The van der Waals surface area contributed by atoms with Gasteiger partial charge in [0.2, 0.25) is 5.91 Å². The number of piperidine rings is 1. The van der Waals surface area contributed by atoms with E-state index in [1.165, 1.54) is 10.1 Å². The molecule has 0 radical (unpaired) electrons. The van der Waals surface area contributed by atoms with E-state index in [0.29, 0.717) is 38.1 Å². The van der Waals surface area contributed by atoms with Crippen LogP contribution < -0.4 is 22.5 Å². The summed E-state index contributed by atoms with van der Waals surface area (Å²) in [5.74, 6) is 2.16. The number of likely N-dealkylation sites (tertiary alicyclic amines) is 1. The summed E-state index contributed by atoms with van der Waals surface area (Å²) < 4.78 is 1.46. The van der Waals surface area contributed by atoms with Crippen molar-refractivity contribution < 1.29 is 9.59 Å². The normalized spacial score (nSPS) is 23.2. The lowest BCUT2D eigenvalue weighted by molar-refractivity contribution is -0.137. The molecule has 1 aromatic carbocycles. The summed E-state index contributed by atoms with van der Waals surface area (Å²) >= 11 is 0. The molecule has 2 aliphatic heterocycles. The fourth-order valence-electron chi connectivity index (χ4n) is 6.66. The number of aromatic nitrogens is 2. The lowest BCUT2D eigenvalue weighted by Crippen LogP contribution is -2.58. The van der Waals surface area contributed by atoms with E-state index in [-0.39, 0.29) is 35.7 Å². The fraction of sp³-hybridized carbons (Fsp3) is 0.600. The van der Waals surface area contributed by atoms with Gasteiger partial charge in [0.1, 0.15) is 5.82 Å². The number of hydrogen-bond acceptors (Lipinski definition) is 7. The number of urea groups is 1. The molecule has 1 aromatic heterocycles. The smallest absolute Gasteiger partial charge is 0.338 e. The van der Waals surface area contributed by atoms with Crippen molar-refractivity contribution in [3.05, 3.63) is 52.6 Å². The number of nitrogens with zero attached hydrogens (tertiary/aromatic N) is 5. The second kappa shape index (κ2) is 11.9. The molecule has 3 atom stereocenters. The number of piperazine rings is 1. The van der Waals surface area contributed by atoms with Crippen LogP contribution in [0, 0.1) is 17.8 Å². The van der Waals surface area contributed by atoms with Gasteiger partial charge < -0.3 is 21.3 Å². The van der Waals surface area contributed by atoms with Crippen LogP contribution in [0.3, 0.4) is 0 Å². The van der Waals surface area contributed by atoms with Gasteiger partial charge in [-0.2, -0.15) is 4.98 Å². The highest BCUT2D eigenvalue weighted by molar-refractivity contribution is 5.89. The quantitative estimate of drug-likeness (QED) is 0.440. The zero-order valence-corrected chi connectivity index (χ0v) is 26.1. The Labute approximate surface area is 254 Å². The van der Waals surface area contributed by atoms with E-state index in [1.54, 1.807) is 35.9 Å². The molecule has 5 rings (SSSR count). The van der Waals surface area contributed by atoms with Crippen LogP contribution in [0.2, 0.25) is 0 Å². The third kappa shape index (κ3) is 6.80. The molecule has 1 saturated carbocycles. The zero-order chi connectivity index (χ0) is 29.7. The number of amides is 3. The Hall–Kier alpha value is -2.99. The Morgan fingerprint density at radius 1 is 0.976 bits per heavy atom. The van der Waals surface area contributed by atoms with Gasteiger partial charge in [-0.05, 0) is 82.6 Å². The van der Waals surface area contributed by atoms with Crippen LogP contribution in [-0.2, 0) is 11.2 Å². The first-order valence-electron chi connectivity index (χ1n) is 14.6. The SMILES string of the molecule is CC(Cc1ccc(-n2ccc(NC(=O)N3CCN(C(=O)C(C)(C)N)CC3)nc2=O)cc1)N1CC2C(C1)C2C(C)(C)N.Cl. The Kier molecular flexibility index (Phi) is 9.09. The molecule has 12 heteroatoms. The van der Waals surface area contributed by atoms with Gasteiger partial charge in [-0.3, -0.25) is 19.6 Å². The summed E-state index contributed by atoms with van der Waals surface area (Å²) in [6.45, 7) is 13.7. The molecule has 11 nitrogen and oxygen atoms in total.